The highest BCUT2D eigenvalue weighted by atomic mass is 35.5. The van der Waals surface area contributed by atoms with Gasteiger partial charge >= 0.3 is 0 Å². The Morgan fingerprint density at radius 3 is 3.00 bits per heavy atom. The van der Waals surface area contributed by atoms with Crippen molar-refractivity contribution in [2.45, 2.75) is 6.54 Å². The Kier molecular flexibility index (Phi) is 3.77. The summed E-state index contributed by atoms with van der Waals surface area (Å²) in [5.41, 5.74) is 0.979. The minimum Gasteiger partial charge on any atom is -0.453 e. The fourth-order valence-electron chi connectivity index (χ4n) is 2.15. The molecular formula is C15H13ClN2O3. The van der Waals surface area contributed by atoms with E-state index in [1.54, 1.807) is 13.2 Å². The lowest BCUT2D eigenvalue weighted by Crippen LogP contribution is -2.14. The number of hydrogen-bond donors (Lipinski definition) is 0. The van der Waals surface area contributed by atoms with Crippen molar-refractivity contribution in [1.29, 1.82) is 0 Å². The second kappa shape index (κ2) is 5.71. The number of carbonyl (C=O) groups is 1. The second-order valence-electron chi connectivity index (χ2n) is 4.53. The van der Waals surface area contributed by atoms with Gasteiger partial charge in [-0.05, 0) is 12.1 Å². The third-order valence-corrected chi connectivity index (χ3v) is 3.44. The van der Waals surface area contributed by atoms with Gasteiger partial charge in [-0.2, -0.15) is 5.10 Å². The van der Waals surface area contributed by atoms with Crippen molar-refractivity contribution in [3.8, 4) is 0 Å². The first-order valence-electron chi connectivity index (χ1n) is 6.44. The zero-order valence-corrected chi connectivity index (χ0v) is 12.1. The molecule has 3 aromatic rings. The van der Waals surface area contributed by atoms with E-state index in [-0.39, 0.29) is 11.5 Å². The lowest BCUT2D eigenvalue weighted by Gasteiger charge is -2.05. The Bertz CT molecular complexity index is 758. The fraction of sp³-hybridized carbons (Fsp3) is 0.200. The van der Waals surface area contributed by atoms with Crippen LogP contribution in [0, 0.1) is 0 Å². The van der Waals surface area contributed by atoms with E-state index in [1.807, 2.05) is 24.3 Å². The molecule has 0 fully saturated rings. The van der Waals surface area contributed by atoms with Gasteiger partial charge in [-0.15, -0.1) is 0 Å². The number of aromatic nitrogens is 2. The number of halogens is 1. The highest BCUT2D eigenvalue weighted by Gasteiger charge is 2.22. The van der Waals surface area contributed by atoms with Crippen molar-refractivity contribution < 1.29 is 13.9 Å². The van der Waals surface area contributed by atoms with Crippen LogP contribution in [0.4, 0.5) is 0 Å². The molecular weight excluding hydrogens is 292 g/mol. The Hall–Kier alpha value is -2.11. The Morgan fingerprint density at radius 2 is 2.24 bits per heavy atom. The average molecular weight is 305 g/mol. The van der Waals surface area contributed by atoms with Gasteiger partial charge in [0.05, 0.1) is 24.4 Å². The summed E-state index contributed by atoms with van der Waals surface area (Å²) in [6.07, 6.45) is 1.45. The number of furan rings is 1. The quantitative estimate of drug-likeness (QED) is 0.679. The Morgan fingerprint density at radius 1 is 1.43 bits per heavy atom. The number of ether oxygens (including phenoxy) is 1. The number of methoxy groups -OCH3 is 1. The van der Waals surface area contributed by atoms with Crippen LogP contribution in [0.3, 0.4) is 0 Å². The number of nitrogens with zero attached hydrogens (tertiary/aromatic N) is 2. The topological polar surface area (TPSA) is 57.3 Å². The van der Waals surface area contributed by atoms with Gasteiger partial charge in [-0.25, -0.2) is 0 Å². The number of carbonyl (C=O) groups excluding carboxylic acids is 1. The minimum absolute atomic E-state index is 0.247. The van der Waals surface area contributed by atoms with Crippen molar-refractivity contribution in [2.24, 2.45) is 0 Å². The molecule has 0 spiro atoms. The molecule has 2 heterocycles. The van der Waals surface area contributed by atoms with Crippen LogP contribution in [0.15, 0.2) is 40.9 Å². The first kappa shape index (κ1) is 13.9. The van der Waals surface area contributed by atoms with Crippen molar-refractivity contribution in [1.82, 2.24) is 9.78 Å². The largest absolute Gasteiger partial charge is 0.453 e. The van der Waals surface area contributed by atoms with Gasteiger partial charge in [0.25, 0.3) is 0 Å². The lowest BCUT2D eigenvalue weighted by molar-refractivity contribution is 0.0997. The molecule has 0 amide bonds. The molecule has 5 nitrogen and oxygen atoms in total. The minimum atomic E-state index is -0.287. The van der Waals surface area contributed by atoms with Gasteiger partial charge in [0.2, 0.25) is 5.78 Å². The van der Waals surface area contributed by atoms with Crippen LogP contribution >= 0.6 is 11.6 Å². The molecule has 2 aromatic heterocycles. The molecule has 0 saturated heterocycles. The molecule has 0 aliphatic heterocycles. The monoisotopic (exact) mass is 304 g/mol. The molecule has 1 aromatic carbocycles. The molecule has 0 bridgehead atoms. The predicted octanol–water partition coefficient (Wildman–Crippen LogP) is 3.16. The van der Waals surface area contributed by atoms with Crippen molar-refractivity contribution in [3.05, 3.63) is 53.0 Å². The van der Waals surface area contributed by atoms with Crippen LogP contribution < -0.4 is 0 Å². The van der Waals surface area contributed by atoms with E-state index >= 15 is 0 Å². The normalized spacial score (nSPS) is 11.1. The molecule has 0 radical (unpaired) electrons. The van der Waals surface area contributed by atoms with E-state index in [4.69, 9.17) is 20.8 Å². The van der Waals surface area contributed by atoms with Gasteiger partial charge in [-0.3, -0.25) is 9.48 Å². The van der Waals surface area contributed by atoms with Crippen LogP contribution in [0.2, 0.25) is 5.02 Å². The van der Waals surface area contributed by atoms with E-state index in [1.165, 1.54) is 10.9 Å². The summed E-state index contributed by atoms with van der Waals surface area (Å²) in [5.74, 6) is -0.0398. The molecule has 6 heteroatoms. The summed E-state index contributed by atoms with van der Waals surface area (Å²) in [6.45, 7) is 0.892. The second-order valence-corrected chi connectivity index (χ2v) is 4.94. The molecule has 3 rings (SSSR count). The summed E-state index contributed by atoms with van der Waals surface area (Å²) in [4.78, 5) is 12.6. The van der Waals surface area contributed by atoms with E-state index in [9.17, 15) is 4.79 Å². The standard InChI is InChI=1S/C15H13ClN2O3/c1-20-7-6-18-14(11(16)9-17-18)15(19)13-8-10-4-2-3-5-12(10)21-13/h2-5,8-9H,6-7H2,1H3. The molecule has 0 N–H and O–H groups in total. The van der Waals surface area contributed by atoms with Crippen LogP contribution in [0.5, 0.6) is 0 Å². The molecule has 0 aliphatic carbocycles. The van der Waals surface area contributed by atoms with Gasteiger partial charge in [0, 0.05) is 12.5 Å². The third kappa shape index (κ3) is 2.57. The van der Waals surface area contributed by atoms with Crippen LogP contribution in [-0.2, 0) is 11.3 Å². The zero-order chi connectivity index (χ0) is 14.8. The lowest BCUT2D eigenvalue weighted by atomic mass is 10.2. The number of ketones is 1. The Balaban J connectivity index is 1.99. The number of rotatable bonds is 5. The maximum atomic E-state index is 12.6. The molecule has 0 aliphatic rings. The predicted molar refractivity (Wildman–Crippen MR) is 78.8 cm³/mol. The number of hydrogen-bond acceptors (Lipinski definition) is 4. The van der Waals surface area contributed by atoms with E-state index in [2.05, 4.69) is 5.10 Å². The van der Waals surface area contributed by atoms with Crippen molar-refractivity contribution in [3.63, 3.8) is 0 Å². The van der Waals surface area contributed by atoms with Gasteiger partial charge in [0.15, 0.2) is 5.76 Å². The maximum absolute atomic E-state index is 12.6. The zero-order valence-electron chi connectivity index (χ0n) is 11.4. The molecule has 0 atom stereocenters. The first-order chi connectivity index (χ1) is 10.2. The molecule has 21 heavy (non-hydrogen) atoms. The smallest absolute Gasteiger partial charge is 0.247 e. The van der Waals surface area contributed by atoms with Gasteiger partial charge in [-0.1, -0.05) is 29.8 Å². The Labute approximate surface area is 126 Å². The van der Waals surface area contributed by atoms with Gasteiger partial charge in [0.1, 0.15) is 11.3 Å². The first-order valence-corrected chi connectivity index (χ1v) is 6.82. The molecule has 0 unspecified atom stereocenters. The summed E-state index contributed by atoms with van der Waals surface area (Å²) in [7, 11) is 1.59. The number of para-hydroxylation sites is 1. The summed E-state index contributed by atoms with van der Waals surface area (Å²) >= 11 is 6.08. The van der Waals surface area contributed by atoms with E-state index in [0.717, 1.165) is 5.39 Å². The van der Waals surface area contributed by atoms with E-state index < -0.39 is 0 Å². The third-order valence-electron chi connectivity index (χ3n) is 3.17. The fourth-order valence-corrected chi connectivity index (χ4v) is 2.37. The van der Waals surface area contributed by atoms with E-state index in [0.29, 0.717) is 29.5 Å². The van der Waals surface area contributed by atoms with Crippen LogP contribution in [-0.4, -0.2) is 29.3 Å². The number of benzene rings is 1. The summed E-state index contributed by atoms with van der Waals surface area (Å²) < 4.78 is 12.1. The van der Waals surface area contributed by atoms with Crippen LogP contribution in [0.25, 0.3) is 11.0 Å². The summed E-state index contributed by atoms with van der Waals surface area (Å²) in [6, 6.07) is 9.16. The molecule has 108 valence electrons. The highest BCUT2D eigenvalue weighted by molar-refractivity contribution is 6.34. The highest BCUT2D eigenvalue weighted by Crippen LogP contribution is 2.24. The number of fused-ring (bicyclic) bond motifs is 1. The van der Waals surface area contributed by atoms with Gasteiger partial charge < -0.3 is 9.15 Å². The SMILES string of the molecule is COCCn1ncc(Cl)c1C(=O)c1cc2ccccc2o1. The summed E-state index contributed by atoms with van der Waals surface area (Å²) in [5, 5.41) is 5.27. The van der Waals surface area contributed by atoms with Crippen molar-refractivity contribution in [2.75, 3.05) is 13.7 Å². The van der Waals surface area contributed by atoms with Crippen LogP contribution in [0.1, 0.15) is 16.2 Å². The molecule has 0 saturated carbocycles. The average Bonchev–Trinajstić information content (AvgIpc) is 3.08. The maximum Gasteiger partial charge on any atom is 0.247 e. The van der Waals surface area contributed by atoms with Crippen molar-refractivity contribution >= 4 is 28.4 Å².